The van der Waals surface area contributed by atoms with Gasteiger partial charge in [0.2, 0.25) is 0 Å². The fraction of sp³-hybridized carbons (Fsp3) is 0.231. The lowest BCUT2D eigenvalue weighted by Gasteiger charge is -1.96. The molecule has 0 radical (unpaired) electrons. The monoisotopic (exact) mass is 274 g/mol. The Bertz CT molecular complexity index is 731. The van der Waals surface area contributed by atoms with E-state index in [4.69, 9.17) is 10.5 Å². The first kappa shape index (κ1) is 12.1. The quantitative estimate of drug-likeness (QED) is 0.769. The van der Waals surface area contributed by atoms with Crippen LogP contribution in [0.15, 0.2) is 18.2 Å². The summed E-state index contributed by atoms with van der Waals surface area (Å²) in [5.74, 6) is 1.64. The fourth-order valence-corrected chi connectivity index (χ4v) is 2.87. The highest BCUT2D eigenvalue weighted by Gasteiger charge is 2.13. The van der Waals surface area contributed by atoms with E-state index in [2.05, 4.69) is 15.0 Å². The molecule has 0 unspecified atom stereocenters. The molecule has 19 heavy (non-hydrogen) atoms. The third kappa shape index (κ3) is 2.09. The van der Waals surface area contributed by atoms with Gasteiger partial charge in [0.1, 0.15) is 10.8 Å². The molecule has 3 aromatic rings. The minimum atomic E-state index is 0.458. The molecule has 2 heterocycles. The van der Waals surface area contributed by atoms with Crippen molar-refractivity contribution in [3.05, 3.63) is 28.9 Å². The van der Waals surface area contributed by atoms with Crippen LogP contribution in [0.25, 0.3) is 21.7 Å². The molecular weight excluding hydrogens is 260 g/mol. The smallest absolute Gasteiger partial charge is 0.150 e. The second kappa shape index (κ2) is 4.64. The summed E-state index contributed by atoms with van der Waals surface area (Å²) in [6.07, 6.45) is 0. The van der Waals surface area contributed by atoms with Crippen molar-refractivity contribution in [3.63, 3.8) is 0 Å². The number of benzene rings is 1. The van der Waals surface area contributed by atoms with E-state index in [9.17, 15) is 0 Å². The Kier molecular flexibility index (Phi) is 2.96. The number of rotatable bonds is 3. The standard InChI is InChI=1S/C13H14N4OS/c1-7-12(19-11(6-14)15-7)13-16-9-4-3-8(18-2)5-10(9)17-13/h3-5H,6,14H2,1-2H3,(H,16,17). The predicted molar refractivity (Wildman–Crippen MR) is 76.4 cm³/mol. The number of ether oxygens (including phenoxy) is 1. The Labute approximate surface area is 114 Å². The van der Waals surface area contributed by atoms with Crippen LogP contribution < -0.4 is 10.5 Å². The number of thiazole rings is 1. The number of hydrogen-bond donors (Lipinski definition) is 2. The Morgan fingerprint density at radius 3 is 2.89 bits per heavy atom. The number of imidazole rings is 1. The van der Waals surface area contributed by atoms with Crippen molar-refractivity contribution in [1.82, 2.24) is 15.0 Å². The summed E-state index contributed by atoms with van der Waals surface area (Å²) < 4.78 is 5.21. The van der Waals surface area contributed by atoms with Gasteiger partial charge < -0.3 is 15.5 Å². The molecule has 0 atom stereocenters. The number of nitrogens with zero attached hydrogens (tertiary/aromatic N) is 2. The largest absolute Gasteiger partial charge is 0.497 e. The molecule has 0 saturated heterocycles. The van der Waals surface area contributed by atoms with Crippen LogP contribution >= 0.6 is 11.3 Å². The summed E-state index contributed by atoms with van der Waals surface area (Å²) in [5.41, 5.74) is 8.45. The van der Waals surface area contributed by atoms with Crippen LogP contribution in [0.2, 0.25) is 0 Å². The molecule has 3 rings (SSSR count). The molecule has 0 amide bonds. The summed E-state index contributed by atoms with van der Waals surface area (Å²) in [7, 11) is 1.65. The van der Waals surface area contributed by atoms with Crippen molar-refractivity contribution in [3.8, 4) is 16.5 Å². The minimum Gasteiger partial charge on any atom is -0.497 e. The van der Waals surface area contributed by atoms with Gasteiger partial charge in [-0.2, -0.15) is 0 Å². The van der Waals surface area contributed by atoms with Gasteiger partial charge in [-0.15, -0.1) is 11.3 Å². The Morgan fingerprint density at radius 2 is 2.21 bits per heavy atom. The number of aromatic amines is 1. The maximum Gasteiger partial charge on any atom is 0.150 e. The Balaban J connectivity index is 2.11. The Hall–Kier alpha value is -1.92. The third-order valence-electron chi connectivity index (χ3n) is 2.92. The molecule has 3 N–H and O–H groups in total. The number of aryl methyl sites for hydroxylation is 1. The second-order valence-electron chi connectivity index (χ2n) is 4.19. The molecule has 6 heteroatoms. The van der Waals surface area contributed by atoms with Crippen LogP contribution in [-0.2, 0) is 6.54 Å². The molecule has 0 aliphatic rings. The normalized spacial score (nSPS) is 11.1. The number of H-pyrrole nitrogens is 1. The van der Waals surface area contributed by atoms with E-state index in [1.165, 1.54) is 0 Å². The van der Waals surface area contributed by atoms with E-state index in [0.29, 0.717) is 6.54 Å². The SMILES string of the molecule is COc1ccc2nc(-c3sc(CN)nc3C)[nH]c2c1. The first-order valence-electron chi connectivity index (χ1n) is 5.91. The van der Waals surface area contributed by atoms with Crippen LogP contribution in [0.3, 0.4) is 0 Å². The van der Waals surface area contributed by atoms with Crippen LogP contribution in [0, 0.1) is 6.92 Å². The third-order valence-corrected chi connectivity index (χ3v) is 4.11. The number of nitrogens with two attached hydrogens (primary N) is 1. The van der Waals surface area contributed by atoms with Crippen molar-refractivity contribution in [2.45, 2.75) is 13.5 Å². The van der Waals surface area contributed by atoms with Gasteiger partial charge in [-0.3, -0.25) is 0 Å². The van der Waals surface area contributed by atoms with E-state index < -0.39 is 0 Å². The van der Waals surface area contributed by atoms with E-state index in [0.717, 1.165) is 38.2 Å². The van der Waals surface area contributed by atoms with Crippen molar-refractivity contribution < 1.29 is 4.74 Å². The molecule has 0 aliphatic heterocycles. The molecule has 2 aromatic heterocycles. The van der Waals surface area contributed by atoms with Crippen molar-refractivity contribution >= 4 is 22.4 Å². The predicted octanol–water partition coefficient (Wildman–Crippen LogP) is 2.46. The number of methoxy groups -OCH3 is 1. The maximum absolute atomic E-state index is 5.62. The summed E-state index contributed by atoms with van der Waals surface area (Å²) in [5, 5.41) is 0.922. The van der Waals surface area contributed by atoms with Crippen molar-refractivity contribution in [1.29, 1.82) is 0 Å². The molecule has 0 saturated carbocycles. The number of aromatic nitrogens is 3. The number of hydrogen-bond acceptors (Lipinski definition) is 5. The molecule has 0 fully saturated rings. The zero-order valence-corrected chi connectivity index (χ0v) is 11.5. The highest BCUT2D eigenvalue weighted by atomic mass is 32.1. The number of fused-ring (bicyclic) bond motifs is 1. The molecule has 1 aromatic carbocycles. The summed E-state index contributed by atoms with van der Waals surface area (Å²) in [6, 6.07) is 5.78. The average Bonchev–Trinajstić information content (AvgIpc) is 3.00. The van der Waals surface area contributed by atoms with Crippen LogP contribution in [-0.4, -0.2) is 22.1 Å². The molecular formula is C13H14N4OS. The number of nitrogens with one attached hydrogen (secondary N) is 1. The van der Waals surface area contributed by atoms with Gasteiger partial charge in [0.05, 0.1) is 28.7 Å². The molecule has 0 spiro atoms. The lowest BCUT2D eigenvalue weighted by atomic mass is 10.3. The van der Waals surface area contributed by atoms with Crippen molar-refractivity contribution in [2.24, 2.45) is 5.73 Å². The summed E-state index contributed by atoms with van der Waals surface area (Å²) in [6.45, 7) is 2.43. The van der Waals surface area contributed by atoms with E-state index in [-0.39, 0.29) is 0 Å². The van der Waals surface area contributed by atoms with Gasteiger partial charge in [-0.25, -0.2) is 9.97 Å². The first-order chi connectivity index (χ1) is 9.21. The van der Waals surface area contributed by atoms with Gasteiger partial charge >= 0.3 is 0 Å². The van der Waals surface area contributed by atoms with Gasteiger partial charge in [0, 0.05) is 12.6 Å². The highest BCUT2D eigenvalue weighted by molar-refractivity contribution is 7.15. The topological polar surface area (TPSA) is 76.8 Å². The van der Waals surface area contributed by atoms with Crippen LogP contribution in [0.4, 0.5) is 0 Å². The van der Waals surface area contributed by atoms with Gasteiger partial charge in [-0.1, -0.05) is 0 Å². The van der Waals surface area contributed by atoms with E-state index in [1.54, 1.807) is 18.4 Å². The maximum atomic E-state index is 5.62. The van der Waals surface area contributed by atoms with Gasteiger partial charge in [-0.05, 0) is 19.1 Å². The lowest BCUT2D eigenvalue weighted by Crippen LogP contribution is -1.94. The van der Waals surface area contributed by atoms with Crippen molar-refractivity contribution in [2.75, 3.05) is 7.11 Å². The second-order valence-corrected chi connectivity index (χ2v) is 5.28. The molecule has 5 nitrogen and oxygen atoms in total. The molecule has 98 valence electrons. The van der Waals surface area contributed by atoms with E-state index in [1.807, 2.05) is 25.1 Å². The highest BCUT2D eigenvalue weighted by Crippen LogP contribution is 2.30. The lowest BCUT2D eigenvalue weighted by molar-refractivity contribution is 0.415. The molecule has 0 bridgehead atoms. The van der Waals surface area contributed by atoms with E-state index >= 15 is 0 Å². The van der Waals surface area contributed by atoms with Crippen LogP contribution in [0.1, 0.15) is 10.7 Å². The zero-order valence-electron chi connectivity index (χ0n) is 10.7. The van der Waals surface area contributed by atoms with Crippen LogP contribution in [0.5, 0.6) is 5.75 Å². The van der Waals surface area contributed by atoms with Gasteiger partial charge in [0.25, 0.3) is 0 Å². The Morgan fingerprint density at radius 1 is 1.37 bits per heavy atom. The summed E-state index contributed by atoms with van der Waals surface area (Å²) in [4.78, 5) is 13.3. The summed E-state index contributed by atoms with van der Waals surface area (Å²) >= 11 is 1.58. The minimum absolute atomic E-state index is 0.458. The zero-order chi connectivity index (χ0) is 13.4. The van der Waals surface area contributed by atoms with Gasteiger partial charge in [0.15, 0.2) is 5.82 Å². The first-order valence-corrected chi connectivity index (χ1v) is 6.73. The fourth-order valence-electron chi connectivity index (χ4n) is 1.98. The molecule has 0 aliphatic carbocycles. The average molecular weight is 274 g/mol.